The van der Waals surface area contributed by atoms with Gasteiger partial charge in [0.2, 0.25) is 0 Å². The van der Waals surface area contributed by atoms with E-state index in [1.807, 2.05) is 35.7 Å². The van der Waals surface area contributed by atoms with Crippen LogP contribution in [-0.4, -0.2) is 65.5 Å². The first-order chi connectivity index (χ1) is 17.2. The number of rotatable bonds is 9. The standard InChI is InChI=1S/C26H31N7OS/c1-32-12-14-33(15-13-32)23-9-5-2-6-19(23)16-28-26(34)22-18-35-25(31-22)10-11-27-17-24-29-20-7-3-4-8-21(20)30-24/h2-9,18,27H,10-17H2,1H3,(H,28,34)(H,29,30). The lowest BCUT2D eigenvalue weighted by molar-refractivity contribution is 0.0946. The average Bonchev–Trinajstić information content (AvgIpc) is 3.53. The van der Waals surface area contributed by atoms with Crippen molar-refractivity contribution in [2.45, 2.75) is 19.5 Å². The quantitative estimate of drug-likeness (QED) is 0.313. The van der Waals surface area contributed by atoms with Gasteiger partial charge in [0, 0.05) is 56.8 Å². The third-order valence-corrected chi connectivity index (χ3v) is 7.21. The van der Waals surface area contributed by atoms with Crippen molar-refractivity contribution in [3.63, 3.8) is 0 Å². The first-order valence-corrected chi connectivity index (χ1v) is 12.9. The summed E-state index contributed by atoms with van der Waals surface area (Å²) in [5.74, 6) is 0.790. The number of carbonyl (C=O) groups excluding carboxylic acids is 1. The molecule has 0 bridgehead atoms. The smallest absolute Gasteiger partial charge is 0.271 e. The number of aromatic nitrogens is 3. The number of imidazole rings is 1. The van der Waals surface area contributed by atoms with Gasteiger partial charge >= 0.3 is 0 Å². The van der Waals surface area contributed by atoms with Crippen molar-refractivity contribution in [2.24, 2.45) is 0 Å². The highest BCUT2D eigenvalue weighted by atomic mass is 32.1. The van der Waals surface area contributed by atoms with Crippen LogP contribution in [-0.2, 0) is 19.5 Å². The molecule has 0 aliphatic carbocycles. The molecule has 0 saturated carbocycles. The van der Waals surface area contributed by atoms with Crippen molar-refractivity contribution >= 4 is 34.0 Å². The molecule has 35 heavy (non-hydrogen) atoms. The maximum absolute atomic E-state index is 12.7. The molecule has 1 aliphatic rings. The van der Waals surface area contributed by atoms with E-state index in [4.69, 9.17) is 0 Å². The topological polar surface area (TPSA) is 89.2 Å². The number of likely N-dealkylation sites (N-methyl/N-ethyl adjacent to an activating group) is 1. The number of hydrogen-bond donors (Lipinski definition) is 3. The molecule has 2 aromatic carbocycles. The highest BCUT2D eigenvalue weighted by Crippen LogP contribution is 2.22. The largest absolute Gasteiger partial charge is 0.369 e. The molecule has 8 nitrogen and oxygen atoms in total. The molecular weight excluding hydrogens is 458 g/mol. The van der Waals surface area contributed by atoms with Crippen molar-refractivity contribution in [2.75, 3.05) is 44.7 Å². The first-order valence-electron chi connectivity index (χ1n) is 12.0. The summed E-state index contributed by atoms with van der Waals surface area (Å²) in [7, 11) is 2.16. The maximum Gasteiger partial charge on any atom is 0.271 e. The first kappa shape index (κ1) is 23.5. The summed E-state index contributed by atoms with van der Waals surface area (Å²) in [4.78, 5) is 29.9. The van der Waals surface area contributed by atoms with Crippen LogP contribution in [0.15, 0.2) is 53.9 Å². The van der Waals surface area contributed by atoms with Gasteiger partial charge in [-0.1, -0.05) is 30.3 Å². The number of amides is 1. The van der Waals surface area contributed by atoms with E-state index in [9.17, 15) is 4.79 Å². The number of nitrogens with one attached hydrogen (secondary N) is 3. The minimum absolute atomic E-state index is 0.129. The Morgan fingerprint density at radius 1 is 1.03 bits per heavy atom. The van der Waals surface area contributed by atoms with Crippen molar-refractivity contribution < 1.29 is 4.79 Å². The van der Waals surface area contributed by atoms with Gasteiger partial charge in [-0.3, -0.25) is 4.79 Å². The Morgan fingerprint density at radius 2 is 1.83 bits per heavy atom. The van der Waals surface area contributed by atoms with Crippen molar-refractivity contribution in [3.05, 3.63) is 76.0 Å². The molecule has 1 aliphatic heterocycles. The zero-order valence-corrected chi connectivity index (χ0v) is 20.8. The number of piperazine rings is 1. The van der Waals surface area contributed by atoms with Crippen LogP contribution in [0.1, 0.15) is 26.9 Å². The molecule has 4 aromatic rings. The molecule has 0 unspecified atom stereocenters. The molecule has 3 heterocycles. The van der Waals surface area contributed by atoms with E-state index in [-0.39, 0.29) is 5.91 Å². The maximum atomic E-state index is 12.7. The van der Waals surface area contributed by atoms with Crippen LogP contribution in [0.3, 0.4) is 0 Å². The average molecular weight is 490 g/mol. The molecule has 3 N–H and O–H groups in total. The predicted molar refractivity (Wildman–Crippen MR) is 141 cm³/mol. The summed E-state index contributed by atoms with van der Waals surface area (Å²) in [6.07, 6.45) is 0.768. The minimum atomic E-state index is -0.129. The van der Waals surface area contributed by atoms with Gasteiger partial charge in [0.05, 0.1) is 22.6 Å². The second-order valence-electron chi connectivity index (χ2n) is 8.86. The fourth-order valence-electron chi connectivity index (χ4n) is 4.30. The second-order valence-corrected chi connectivity index (χ2v) is 9.80. The summed E-state index contributed by atoms with van der Waals surface area (Å²) in [5, 5.41) is 9.25. The summed E-state index contributed by atoms with van der Waals surface area (Å²) >= 11 is 1.53. The highest BCUT2D eigenvalue weighted by Gasteiger charge is 2.17. The lowest BCUT2D eigenvalue weighted by Crippen LogP contribution is -2.45. The van der Waals surface area contributed by atoms with Crippen LogP contribution in [0.4, 0.5) is 5.69 Å². The lowest BCUT2D eigenvalue weighted by atomic mass is 10.1. The summed E-state index contributed by atoms with van der Waals surface area (Å²) in [6.45, 7) is 6.03. The van der Waals surface area contributed by atoms with Gasteiger partial charge < -0.3 is 25.4 Å². The third-order valence-electron chi connectivity index (χ3n) is 6.31. The van der Waals surface area contributed by atoms with Crippen LogP contribution in [0.2, 0.25) is 0 Å². The number of carbonyl (C=O) groups is 1. The number of hydrogen-bond acceptors (Lipinski definition) is 7. The minimum Gasteiger partial charge on any atom is -0.369 e. The molecule has 1 amide bonds. The van der Waals surface area contributed by atoms with E-state index in [1.54, 1.807) is 0 Å². The Bertz CT molecular complexity index is 1240. The van der Waals surface area contributed by atoms with Gasteiger partial charge in [0.1, 0.15) is 11.5 Å². The second kappa shape index (κ2) is 11.0. The van der Waals surface area contributed by atoms with E-state index in [0.717, 1.165) is 66.6 Å². The van der Waals surface area contributed by atoms with Crippen molar-refractivity contribution in [1.29, 1.82) is 0 Å². The molecule has 5 rings (SSSR count). The predicted octanol–water partition coefficient (Wildman–Crippen LogP) is 3.03. The number of benzene rings is 2. The number of fused-ring (bicyclic) bond motifs is 1. The molecule has 1 fully saturated rings. The third kappa shape index (κ3) is 5.87. The van der Waals surface area contributed by atoms with Gasteiger partial charge in [-0.05, 0) is 30.8 Å². The van der Waals surface area contributed by atoms with Gasteiger partial charge in [-0.15, -0.1) is 11.3 Å². The number of aromatic amines is 1. The van der Waals surface area contributed by atoms with Crippen LogP contribution in [0.25, 0.3) is 11.0 Å². The molecule has 0 radical (unpaired) electrons. The Labute approximate surface area is 209 Å². The van der Waals surface area contributed by atoms with Crippen molar-refractivity contribution in [3.8, 4) is 0 Å². The molecule has 0 spiro atoms. The molecular formula is C26H31N7OS. The number of para-hydroxylation sites is 3. The van der Waals surface area contributed by atoms with Gasteiger partial charge in [-0.25, -0.2) is 9.97 Å². The van der Waals surface area contributed by atoms with E-state index < -0.39 is 0 Å². The van der Waals surface area contributed by atoms with Gasteiger partial charge in [0.25, 0.3) is 5.91 Å². The zero-order chi connectivity index (χ0) is 24.0. The van der Waals surface area contributed by atoms with Crippen molar-refractivity contribution in [1.82, 2.24) is 30.5 Å². The van der Waals surface area contributed by atoms with E-state index >= 15 is 0 Å². The summed E-state index contributed by atoms with van der Waals surface area (Å²) < 4.78 is 0. The molecule has 1 saturated heterocycles. The number of H-pyrrole nitrogens is 1. The highest BCUT2D eigenvalue weighted by molar-refractivity contribution is 7.09. The summed E-state index contributed by atoms with van der Waals surface area (Å²) in [5.41, 5.74) is 4.85. The fraction of sp³-hybridized carbons (Fsp3) is 0.346. The van der Waals surface area contributed by atoms with Crippen LogP contribution >= 0.6 is 11.3 Å². The van der Waals surface area contributed by atoms with Crippen LogP contribution in [0.5, 0.6) is 0 Å². The monoisotopic (exact) mass is 489 g/mol. The number of anilines is 1. The summed E-state index contributed by atoms with van der Waals surface area (Å²) in [6, 6.07) is 16.3. The number of thiazole rings is 1. The SMILES string of the molecule is CN1CCN(c2ccccc2CNC(=O)c2csc(CCNCc3nc4ccccc4[nH]3)n2)CC1. The normalized spacial score (nSPS) is 14.5. The lowest BCUT2D eigenvalue weighted by Gasteiger charge is -2.35. The molecule has 2 aromatic heterocycles. The molecule has 182 valence electrons. The van der Waals surface area contributed by atoms with Crippen LogP contribution in [0, 0.1) is 0 Å². The van der Waals surface area contributed by atoms with E-state index in [0.29, 0.717) is 18.8 Å². The van der Waals surface area contributed by atoms with Crippen LogP contribution < -0.4 is 15.5 Å². The Kier molecular flexibility index (Phi) is 7.37. The Morgan fingerprint density at radius 3 is 2.69 bits per heavy atom. The Balaban J connectivity index is 1.10. The van der Waals surface area contributed by atoms with Gasteiger partial charge in [-0.2, -0.15) is 0 Å². The number of nitrogens with zero attached hydrogens (tertiary/aromatic N) is 4. The zero-order valence-electron chi connectivity index (χ0n) is 20.0. The fourth-order valence-corrected chi connectivity index (χ4v) is 5.08. The van der Waals surface area contributed by atoms with Gasteiger partial charge in [0.15, 0.2) is 0 Å². The molecule has 0 atom stereocenters. The Hall–Kier alpha value is -3.27. The van der Waals surface area contributed by atoms with E-state index in [1.165, 1.54) is 17.0 Å². The molecule has 9 heteroatoms. The van der Waals surface area contributed by atoms with E-state index in [2.05, 4.69) is 60.6 Å².